The molecule has 14 heavy (non-hydrogen) atoms. The number of alkyl halides is 1. The number of unbranched alkanes of at least 4 members (excludes halogenated alkanes) is 1. The Bertz CT molecular complexity index is 350. The van der Waals surface area contributed by atoms with Crippen LogP contribution in [0.5, 0.6) is 0 Å². The summed E-state index contributed by atoms with van der Waals surface area (Å²) >= 11 is 6.71. The fraction of sp³-hybridized carbons (Fsp3) is 0.571. The minimum Gasteiger partial charge on any atom is -0.259 e. The van der Waals surface area contributed by atoms with Crippen molar-refractivity contribution in [2.75, 3.05) is 16.4 Å². The van der Waals surface area contributed by atoms with Crippen LogP contribution in [0.3, 0.4) is 0 Å². The molecule has 0 saturated carbocycles. The summed E-state index contributed by atoms with van der Waals surface area (Å²) in [6, 6.07) is 0. The number of sulfonamides is 1. The van der Waals surface area contributed by atoms with E-state index in [1.54, 1.807) is 11.6 Å². The molecule has 0 unspecified atom stereocenters. The van der Waals surface area contributed by atoms with Gasteiger partial charge >= 0.3 is 0 Å². The second-order valence-electron chi connectivity index (χ2n) is 2.65. The number of hydrogen-bond donors (Lipinski definition) is 1. The molecule has 0 radical (unpaired) electrons. The molecule has 1 N–H and O–H groups in total. The number of nitrogens with one attached hydrogen (secondary N) is 1. The molecular weight excluding hydrogens is 244 g/mol. The summed E-state index contributed by atoms with van der Waals surface area (Å²) < 4.78 is 25.2. The van der Waals surface area contributed by atoms with Crippen molar-refractivity contribution in [2.24, 2.45) is 0 Å². The summed E-state index contributed by atoms with van der Waals surface area (Å²) in [5, 5.41) is 2.13. The number of nitrogens with zero attached hydrogens (tertiary/aromatic N) is 1. The van der Waals surface area contributed by atoms with Crippen LogP contribution in [0.15, 0.2) is 11.6 Å². The molecule has 0 saturated heterocycles. The van der Waals surface area contributed by atoms with Crippen molar-refractivity contribution >= 4 is 38.1 Å². The number of hydrogen-bond acceptors (Lipinski definition) is 4. The third kappa shape index (κ3) is 4.26. The lowest BCUT2D eigenvalue weighted by molar-refractivity contribution is 0.598. The molecule has 0 spiro atoms. The molecule has 0 bridgehead atoms. The van der Waals surface area contributed by atoms with E-state index >= 15 is 0 Å². The largest absolute Gasteiger partial charge is 0.259 e. The fourth-order valence-electron chi connectivity index (χ4n) is 0.844. The van der Waals surface area contributed by atoms with Gasteiger partial charge in [0.25, 0.3) is 0 Å². The zero-order chi connectivity index (χ0) is 10.4. The van der Waals surface area contributed by atoms with E-state index in [2.05, 4.69) is 9.71 Å². The van der Waals surface area contributed by atoms with Crippen molar-refractivity contribution in [3.8, 4) is 0 Å². The molecule has 0 aromatic carbocycles. The molecule has 0 aliphatic heterocycles. The van der Waals surface area contributed by atoms with Crippen LogP contribution in [0.1, 0.15) is 12.8 Å². The van der Waals surface area contributed by atoms with Gasteiger partial charge in [0.15, 0.2) is 5.13 Å². The first-order valence-electron chi connectivity index (χ1n) is 4.10. The van der Waals surface area contributed by atoms with Gasteiger partial charge in [-0.2, -0.15) is 0 Å². The third-order valence-electron chi connectivity index (χ3n) is 1.47. The minimum absolute atomic E-state index is 0.0965. The van der Waals surface area contributed by atoms with E-state index in [1.165, 1.54) is 11.3 Å². The fourth-order valence-corrected chi connectivity index (χ4v) is 2.98. The Balaban J connectivity index is 2.42. The first-order valence-corrected chi connectivity index (χ1v) is 7.16. The van der Waals surface area contributed by atoms with E-state index in [1.807, 2.05) is 0 Å². The molecule has 1 heterocycles. The van der Waals surface area contributed by atoms with Crippen LogP contribution in [-0.4, -0.2) is 25.0 Å². The summed E-state index contributed by atoms with van der Waals surface area (Å²) in [4.78, 5) is 3.83. The smallest absolute Gasteiger partial charge is 0.234 e. The number of halogens is 1. The average Bonchev–Trinajstić information content (AvgIpc) is 2.56. The maximum absolute atomic E-state index is 11.4. The van der Waals surface area contributed by atoms with E-state index < -0.39 is 10.0 Å². The SMILES string of the molecule is O=S(=O)(CCCCCl)Nc1nccs1. The normalized spacial score (nSPS) is 11.5. The van der Waals surface area contributed by atoms with Crippen LogP contribution < -0.4 is 4.72 Å². The third-order valence-corrected chi connectivity index (χ3v) is 3.89. The van der Waals surface area contributed by atoms with E-state index in [9.17, 15) is 8.42 Å². The molecule has 1 aromatic heterocycles. The zero-order valence-electron chi connectivity index (χ0n) is 7.44. The van der Waals surface area contributed by atoms with E-state index in [4.69, 9.17) is 11.6 Å². The molecule has 0 atom stereocenters. The molecule has 1 aromatic rings. The maximum atomic E-state index is 11.4. The summed E-state index contributed by atoms with van der Waals surface area (Å²) in [6.45, 7) is 0. The molecule has 7 heteroatoms. The lowest BCUT2D eigenvalue weighted by atomic mass is 10.4. The first-order chi connectivity index (χ1) is 6.64. The van der Waals surface area contributed by atoms with Gasteiger partial charge in [-0.1, -0.05) is 0 Å². The Hall–Kier alpha value is -0.330. The summed E-state index contributed by atoms with van der Waals surface area (Å²) in [6.07, 6.45) is 2.84. The highest BCUT2D eigenvalue weighted by molar-refractivity contribution is 7.92. The molecule has 0 aliphatic carbocycles. The topological polar surface area (TPSA) is 59.1 Å². The van der Waals surface area contributed by atoms with Crippen molar-refractivity contribution < 1.29 is 8.42 Å². The molecule has 4 nitrogen and oxygen atoms in total. The summed E-state index contributed by atoms with van der Waals surface area (Å²) in [7, 11) is -3.24. The van der Waals surface area contributed by atoms with Crippen molar-refractivity contribution in [2.45, 2.75) is 12.8 Å². The lowest BCUT2D eigenvalue weighted by Crippen LogP contribution is -2.16. The van der Waals surface area contributed by atoms with Crippen LogP contribution in [0.4, 0.5) is 5.13 Å². The number of thiazole rings is 1. The van der Waals surface area contributed by atoms with Gasteiger partial charge in [-0.15, -0.1) is 22.9 Å². The van der Waals surface area contributed by atoms with Gasteiger partial charge in [-0.05, 0) is 12.8 Å². The van der Waals surface area contributed by atoms with Crippen LogP contribution in [0, 0.1) is 0 Å². The maximum Gasteiger partial charge on any atom is 0.234 e. The summed E-state index contributed by atoms with van der Waals surface area (Å²) in [5.74, 6) is 0.589. The van der Waals surface area contributed by atoms with Gasteiger partial charge in [0, 0.05) is 17.5 Å². The second-order valence-corrected chi connectivity index (χ2v) is 5.77. The van der Waals surface area contributed by atoms with Gasteiger partial charge in [0.1, 0.15) is 0 Å². The van der Waals surface area contributed by atoms with Crippen molar-refractivity contribution in [1.82, 2.24) is 4.98 Å². The number of aromatic nitrogens is 1. The van der Waals surface area contributed by atoms with Gasteiger partial charge in [-0.3, -0.25) is 4.72 Å². The Morgan fingerprint density at radius 3 is 2.86 bits per heavy atom. The molecular formula is C7H11ClN2O2S2. The predicted molar refractivity (Wildman–Crippen MR) is 59.5 cm³/mol. The minimum atomic E-state index is -3.24. The molecule has 0 fully saturated rings. The second kappa shape index (κ2) is 5.53. The monoisotopic (exact) mass is 254 g/mol. The predicted octanol–water partition coefficient (Wildman–Crippen LogP) is 1.90. The molecule has 1 rings (SSSR count). The molecule has 0 amide bonds. The van der Waals surface area contributed by atoms with Gasteiger partial charge < -0.3 is 0 Å². The van der Waals surface area contributed by atoms with Gasteiger partial charge in [0.05, 0.1) is 5.75 Å². The Labute approximate surface area is 92.4 Å². The lowest BCUT2D eigenvalue weighted by Gasteiger charge is -2.03. The zero-order valence-corrected chi connectivity index (χ0v) is 9.83. The van der Waals surface area contributed by atoms with E-state index in [0.717, 1.165) is 0 Å². The Kier molecular flexibility index (Phi) is 4.64. The van der Waals surface area contributed by atoms with Crippen LogP contribution in [0.25, 0.3) is 0 Å². The van der Waals surface area contributed by atoms with E-state index in [-0.39, 0.29) is 5.75 Å². The summed E-state index contributed by atoms with van der Waals surface area (Å²) in [5.41, 5.74) is 0. The Morgan fingerprint density at radius 2 is 2.29 bits per heavy atom. The van der Waals surface area contributed by atoms with E-state index in [0.29, 0.717) is 23.9 Å². The highest BCUT2D eigenvalue weighted by Crippen LogP contribution is 2.12. The van der Waals surface area contributed by atoms with Crippen LogP contribution in [-0.2, 0) is 10.0 Å². The standard InChI is InChI=1S/C7H11ClN2O2S2/c8-3-1-2-6-14(11,12)10-7-9-4-5-13-7/h4-5H,1-3,6H2,(H,9,10). The quantitative estimate of drug-likeness (QED) is 0.623. The average molecular weight is 255 g/mol. The van der Waals surface area contributed by atoms with Crippen molar-refractivity contribution in [3.05, 3.63) is 11.6 Å². The number of rotatable bonds is 6. The Morgan fingerprint density at radius 1 is 1.50 bits per heavy atom. The molecule has 0 aliphatic rings. The number of anilines is 1. The van der Waals surface area contributed by atoms with Gasteiger partial charge in [-0.25, -0.2) is 13.4 Å². The highest BCUT2D eigenvalue weighted by Gasteiger charge is 2.10. The van der Waals surface area contributed by atoms with Crippen LogP contribution >= 0.6 is 22.9 Å². The first kappa shape index (κ1) is 11.7. The van der Waals surface area contributed by atoms with Gasteiger partial charge in [0.2, 0.25) is 10.0 Å². The highest BCUT2D eigenvalue weighted by atomic mass is 35.5. The van der Waals surface area contributed by atoms with Crippen LogP contribution in [0.2, 0.25) is 0 Å². The van der Waals surface area contributed by atoms with Crippen molar-refractivity contribution in [1.29, 1.82) is 0 Å². The molecule has 80 valence electrons. The van der Waals surface area contributed by atoms with Crippen molar-refractivity contribution in [3.63, 3.8) is 0 Å².